The number of nitrogens with one attached hydrogen (secondary N) is 1. The summed E-state index contributed by atoms with van der Waals surface area (Å²) in [6.45, 7) is 8.04. The van der Waals surface area contributed by atoms with Crippen LogP contribution in [0.4, 0.5) is 0 Å². The van der Waals surface area contributed by atoms with E-state index < -0.39 is 5.60 Å². The van der Waals surface area contributed by atoms with Crippen molar-refractivity contribution in [1.29, 1.82) is 0 Å². The molecule has 4 nitrogen and oxygen atoms in total. The molecule has 0 saturated heterocycles. The summed E-state index contributed by atoms with van der Waals surface area (Å²) in [5.74, 6) is 0. The number of nitrogens with zero attached hydrogens (tertiary/aromatic N) is 1. The Morgan fingerprint density at radius 2 is 1.95 bits per heavy atom. The number of rotatable bonds is 5. The second-order valence-electron chi connectivity index (χ2n) is 5.64. The van der Waals surface area contributed by atoms with E-state index in [4.69, 9.17) is 9.39 Å². The lowest BCUT2D eigenvalue weighted by Crippen LogP contribution is -2.50. The highest BCUT2D eigenvalue weighted by Gasteiger charge is 2.37. The van der Waals surface area contributed by atoms with Gasteiger partial charge in [-0.3, -0.25) is 0 Å². The highest BCUT2D eigenvalue weighted by Crippen LogP contribution is 2.27. The number of aromatic amines is 1. The molecule has 2 rings (SSSR count). The molecular weight excluding hydrogens is 239 g/mol. The lowest BCUT2D eigenvalue weighted by Gasteiger charge is -2.40. The van der Waals surface area contributed by atoms with Crippen molar-refractivity contribution in [2.75, 3.05) is 7.11 Å². The van der Waals surface area contributed by atoms with Gasteiger partial charge < -0.3 is 14.4 Å². The summed E-state index contributed by atoms with van der Waals surface area (Å²) in [5, 5.41) is 1.07. The Morgan fingerprint density at radius 3 is 2.63 bits per heavy atom. The summed E-state index contributed by atoms with van der Waals surface area (Å²) < 4.78 is 11.4. The molecule has 0 bridgehead atoms. The predicted octanol–water partition coefficient (Wildman–Crippen LogP) is 2.03. The maximum atomic E-state index is 5.90. The Kier molecular flexibility index (Phi) is 3.70. The second-order valence-corrected chi connectivity index (χ2v) is 5.64. The van der Waals surface area contributed by atoms with Gasteiger partial charge in [0.05, 0.1) is 11.2 Å². The fourth-order valence-electron chi connectivity index (χ4n) is 1.62. The van der Waals surface area contributed by atoms with Gasteiger partial charge >= 0.3 is 7.48 Å². The fourth-order valence-corrected chi connectivity index (χ4v) is 1.62. The van der Waals surface area contributed by atoms with Gasteiger partial charge in [0.1, 0.15) is 5.65 Å². The molecule has 5 heteroatoms. The Hall–Kier alpha value is -1.33. The van der Waals surface area contributed by atoms with Gasteiger partial charge in [-0.25, -0.2) is 4.98 Å². The second kappa shape index (κ2) is 4.98. The summed E-state index contributed by atoms with van der Waals surface area (Å²) in [6, 6.07) is 4.03. The molecule has 0 atom stereocenters. The van der Waals surface area contributed by atoms with Crippen molar-refractivity contribution in [2.45, 2.75) is 38.9 Å². The van der Waals surface area contributed by atoms with E-state index in [9.17, 15) is 0 Å². The van der Waals surface area contributed by atoms with E-state index in [1.807, 2.05) is 46.0 Å². The standard InChI is InChI=1S/C14H20BN2O2/c1-13(2,18-5)14(3,4)19-15-11-8-10-6-7-16-12(10)17-9-11/h6-9H,1-5H3,(H,16,17). The van der Waals surface area contributed by atoms with Crippen LogP contribution in [0.2, 0.25) is 0 Å². The molecular formula is C14H20BN2O2. The largest absolute Gasteiger partial charge is 0.427 e. The van der Waals surface area contributed by atoms with E-state index >= 15 is 0 Å². The van der Waals surface area contributed by atoms with Crippen molar-refractivity contribution >= 4 is 24.0 Å². The van der Waals surface area contributed by atoms with Crippen LogP contribution in [0, 0.1) is 0 Å². The molecule has 0 amide bonds. The third-order valence-electron chi connectivity index (χ3n) is 3.87. The van der Waals surface area contributed by atoms with Crippen molar-refractivity contribution in [3.05, 3.63) is 24.5 Å². The maximum Gasteiger partial charge on any atom is 0.332 e. The number of ether oxygens (including phenoxy) is 1. The molecule has 0 aliphatic heterocycles. The van der Waals surface area contributed by atoms with Crippen molar-refractivity contribution in [1.82, 2.24) is 9.97 Å². The molecule has 2 heterocycles. The van der Waals surface area contributed by atoms with Crippen LogP contribution in [0.25, 0.3) is 11.0 Å². The molecule has 0 saturated carbocycles. The minimum Gasteiger partial charge on any atom is -0.427 e. The van der Waals surface area contributed by atoms with Gasteiger partial charge in [-0.2, -0.15) is 0 Å². The molecule has 2 aromatic heterocycles. The smallest absolute Gasteiger partial charge is 0.332 e. The van der Waals surface area contributed by atoms with Crippen LogP contribution >= 0.6 is 0 Å². The van der Waals surface area contributed by atoms with Crippen LogP contribution in [-0.4, -0.2) is 35.8 Å². The quantitative estimate of drug-likeness (QED) is 0.836. The van der Waals surface area contributed by atoms with E-state index in [0.717, 1.165) is 16.5 Å². The number of hydrogen-bond donors (Lipinski definition) is 1. The first-order valence-corrected chi connectivity index (χ1v) is 6.35. The van der Waals surface area contributed by atoms with E-state index in [-0.39, 0.29) is 5.60 Å². The number of aromatic nitrogens is 2. The van der Waals surface area contributed by atoms with Crippen LogP contribution in [0.3, 0.4) is 0 Å². The molecule has 101 valence electrons. The van der Waals surface area contributed by atoms with Gasteiger partial charge in [0.25, 0.3) is 0 Å². The third-order valence-corrected chi connectivity index (χ3v) is 3.87. The van der Waals surface area contributed by atoms with E-state index in [2.05, 4.69) is 9.97 Å². The highest BCUT2D eigenvalue weighted by atomic mass is 16.5. The summed E-state index contributed by atoms with van der Waals surface area (Å²) in [7, 11) is 3.43. The van der Waals surface area contributed by atoms with Crippen LogP contribution in [-0.2, 0) is 9.39 Å². The average Bonchev–Trinajstić information content (AvgIpc) is 2.83. The molecule has 0 spiro atoms. The molecule has 19 heavy (non-hydrogen) atoms. The summed E-state index contributed by atoms with van der Waals surface area (Å²) in [4.78, 5) is 7.39. The Labute approximate surface area is 114 Å². The average molecular weight is 259 g/mol. The van der Waals surface area contributed by atoms with E-state index in [1.165, 1.54) is 0 Å². The fraction of sp³-hybridized carbons (Fsp3) is 0.500. The predicted molar refractivity (Wildman–Crippen MR) is 77.7 cm³/mol. The monoisotopic (exact) mass is 259 g/mol. The molecule has 1 N–H and O–H groups in total. The number of methoxy groups -OCH3 is 1. The topological polar surface area (TPSA) is 47.1 Å². The Balaban J connectivity index is 2.09. The van der Waals surface area contributed by atoms with Crippen molar-refractivity contribution in [2.24, 2.45) is 0 Å². The zero-order valence-corrected chi connectivity index (χ0v) is 12.2. The number of pyridine rings is 1. The first kappa shape index (κ1) is 14.1. The molecule has 0 aromatic carbocycles. The van der Waals surface area contributed by atoms with Crippen molar-refractivity contribution in [3.8, 4) is 0 Å². The van der Waals surface area contributed by atoms with E-state index in [0.29, 0.717) is 0 Å². The summed E-state index contributed by atoms with van der Waals surface area (Å²) in [5.41, 5.74) is 1.00. The zero-order chi connectivity index (χ0) is 14.1. The van der Waals surface area contributed by atoms with Crippen LogP contribution in [0.1, 0.15) is 27.7 Å². The van der Waals surface area contributed by atoms with Gasteiger partial charge in [0.15, 0.2) is 0 Å². The molecule has 1 radical (unpaired) electrons. The van der Waals surface area contributed by atoms with Crippen molar-refractivity contribution in [3.63, 3.8) is 0 Å². The molecule has 2 aromatic rings. The van der Waals surface area contributed by atoms with Crippen molar-refractivity contribution < 1.29 is 9.39 Å². The Bertz CT molecular complexity index is 563. The van der Waals surface area contributed by atoms with Crippen LogP contribution in [0.15, 0.2) is 24.5 Å². The van der Waals surface area contributed by atoms with Gasteiger partial charge in [-0.05, 0) is 39.2 Å². The molecule has 0 aliphatic carbocycles. The van der Waals surface area contributed by atoms with Crippen LogP contribution < -0.4 is 5.46 Å². The number of fused-ring (bicyclic) bond motifs is 1. The first-order chi connectivity index (χ1) is 8.86. The molecule has 0 unspecified atom stereocenters. The van der Waals surface area contributed by atoms with E-state index in [1.54, 1.807) is 20.8 Å². The first-order valence-electron chi connectivity index (χ1n) is 6.35. The lowest BCUT2D eigenvalue weighted by atomic mass is 9.83. The number of hydrogen-bond acceptors (Lipinski definition) is 3. The summed E-state index contributed by atoms with van der Waals surface area (Å²) >= 11 is 0. The third kappa shape index (κ3) is 2.82. The van der Waals surface area contributed by atoms with Gasteiger partial charge in [-0.15, -0.1) is 0 Å². The normalized spacial score (nSPS) is 12.9. The van der Waals surface area contributed by atoms with Gasteiger partial charge in [0.2, 0.25) is 0 Å². The minimum absolute atomic E-state index is 0.380. The molecule has 0 fully saturated rings. The zero-order valence-electron chi connectivity index (χ0n) is 12.2. The lowest BCUT2D eigenvalue weighted by molar-refractivity contribution is -0.114. The summed E-state index contributed by atoms with van der Waals surface area (Å²) in [6.07, 6.45) is 3.66. The highest BCUT2D eigenvalue weighted by molar-refractivity contribution is 6.47. The SMILES string of the molecule is COC(C)(C)C(C)(C)O[B]c1cnc2[nH]ccc2c1. The minimum atomic E-state index is -0.436. The maximum absolute atomic E-state index is 5.90. The molecule has 0 aliphatic rings. The van der Waals surface area contributed by atoms with Crippen LogP contribution in [0.5, 0.6) is 0 Å². The number of H-pyrrole nitrogens is 1. The Morgan fingerprint density at radius 1 is 1.21 bits per heavy atom. The van der Waals surface area contributed by atoms with Gasteiger partial charge in [-0.1, -0.05) is 6.07 Å². The van der Waals surface area contributed by atoms with Gasteiger partial charge in [0, 0.05) is 24.9 Å².